The van der Waals surface area contributed by atoms with Crippen molar-refractivity contribution in [2.24, 2.45) is 0 Å². The second-order valence-electron chi connectivity index (χ2n) is 5.71. The molecule has 1 aliphatic rings. The first kappa shape index (κ1) is 13.8. The van der Waals surface area contributed by atoms with Gasteiger partial charge >= 0.3 is 0 Å². The average molecular weight is 331 g/mol. The normalized spacial score (nSPS) is 16.8. The van der Waals surface area contributed by atoms with Crippen LogP contribution in [0.1, 0.15) is 53.5 Å². The lowest BCUT2D eigenvalue weighted by Gasteiger charge is -2.26. The minimum absolute atomic E-state index is 0.540. The standard InChI is InChI=1S/C18H19BrO/c1-12-10-16(8-9-17(12)19)18(20)15-7-3-6-14(11-15)13-4-2-5-13/h3,6-11,13,18,20H,2,4-5H2,1H3. The molecule has 104 valence electrons. The molecule has 1 fully saturated rings. The predicted octanol–water partition coefficient (Wildman–Crippen LogP) is 5.11. The van der Waals surface area contributed by atoms with E-state index >= 15 is 0 Å². The van der Waals surface area contributed by atoms with Crippen LogP contribution < -0.4 is 0 Å². The van der Waals surface area contributed by atoms with Crippen molar-refractivity contribution in [3.05, 3.63) is 69.2 Å². The molecule has 0 bridgehead atoms. The van der Waals surface area contributed by atoms with Gasteiger partial charge in [0, 0.05) is 4.47 Å². The Labute approximate surface area is 128 Å². The highest BCUT2D eigenvalue weighted by molar-refractivity contribution is 9.10. The van der Waals surface area contributed by atoms with Gasteiger partial charge in [0.25, 0.3) is 0 Å². The fraction of sp³-hybridized carbons (Fsp3) is 0.333. The number of aliphatic hydroxyl groups excluding tert-OH is 1. The van der Waals surface area contributed by atoms with Gasteiger partial charge in [0.05, 0.1) is 0 Å². The number of benzene rings is 2. The summed E-state index contributed by atoms with van der Waals surface area (Å²) in [7, 11) is 0. The Bertz CT molecular complexity index is 617. The molecule has 1 aliphatic carbocycles. The van der Waals surface area contributed by atoms with E-state index in [0.717, 1.165) is 21.2 Å². The first-order valence-corrected chi connectivity index (χ1v) is 7.98. The van der Waals surface area contributed by atoms with E-state index in [0.29, 0.717) is 5.92 Å². The number of aryl methyl sites for hydroxylation is 1. The van der Waals surface area contributed by atoms with E-state index in [1.165, 1.54) is 24.8 Å². The van der Waals surface area contributed by atoms with Gasteiger partial charge < -0.3 is 5.11 Å². The fourth-order valence-corrected chi connectivity index (χ4v) is 3.00. The van der Waals surface area contributed by atoms with Crippen molar-refractivity contribution in [3.8, 4) is 0 Å². The summed E-state index contributed by atoms with van der Waals surface area (Å²) >= 11 is 3.50. The topological polar surface area (TPSA) is 20.2 Å². The Balaban J connectivity index is 1.89. The Hall–Kier alpha value is -1.12. The van der Waals surface area contributed by atoms with Gasteiger partial charge in [-0.25, -0.2) is 0 Å². The maximum Gasteiger partial charge on any atom is 0.104 e. The summed E-state index contributed by atoms with van der Waals surface area (Å²) in [6.07, 6.45) is 3.37. The van der Waals surface area contributed by atoms with Crippen molar-refractivity contribution < 1.29 is 5.11 Å². The largest absolute Gasteiger partial charge is 0.384 e. The highest BCUT2D eigenvalue weighted by Crippen LogP contribution is 2.37. The average Bonchev–Trinajstić information content (AvgIpc) is 2.39. The smallest absolute Gasteiger partial charge is 0.104 e. The lowest BCUT2D eigenvalue weighted by Crippen LogP contribution is -2.09. The Kier molecular flexibility index (Phi) is 3.95. The van der Waals surface area contributed by atoms with E-state index in [2.05, 4.69) is 34.1 Å². The molecule has 1 nitrogen and oxygen atoms in total. The summed E-state index contributed by atoms with van der Waals surface area (Å²) in [6.45, 7) is 2.05. The Morgan fingerprint density at radius 3 is 2.50 bits per heavy atom. The van der Waals surface area contributed by atoms with Gasteiger partial charge in [-0.15, -0.1) is 0 Å². The lowest BCUT2D eigenvalue weighted by atomic mass is 9.79. The number of hydrogen-bond donors (Lipinski definition) is 1. The lowest BCUT2D eigenvalue weighted by molar-refractivity contribution is 0.220. The molecule has 2 aromatic rings. The van der Waals surface area contributed by atoms with Crippen molar-refractivity contribution in [2.75, 3.05) is 0 Å². The summed E-state index contributed by atoms with van der Waals surface area (Å²) < 4.78 is 1.08. The van der Waals surface area contributed by atoms with Crippen LogP contribution in [0.5, 0.6) is 0 Å². The minimum atomic E-state index is -0.540. The van der Waals surface area contributed by atoms with Crippen LogP contribution in [-0.4, -0.2) is 5.11 Å². The van der Waals surface area contributed by atoms with Gasteiger partial charge in [0.15, 0.2) is 0 Å². The van der Waals surface area contributed by atoms with Gasteiger partial charge in [0.2, 0.25) is 0 Å². The fourth-order valence-electron chi connectivity index (χ4n) is 2.76. The van der Waals surface area contributed by atoms with Crippen LogP contribution >= 0.6 is 15.9 Å². The highest BCUT2D eigenvalue weighted by Gasteiger charge is 2.20. The molecular formula is C18H19BrO. The summed E-state index contributed by atoms with van der Waals surface area (Å²) in [5, 5.41) is 10.6. The Morgan fingerprint density at radius 1 is 1.10 bits per heavy atom. The van der Waals surface area contributed by atoms with E-state index in [-0.39, 0.29) is 0 Å². The highest BCUT2D eigenvalue weighted by atomic mass is 79.9. The SMILES string of the molecule is Cc1cc(C(O)c2cccc(C3CCC3)c2)ccc1Br. The zero-order valence-electron chi connectivity index (χ0n) is 11.6. The Morgan fingerprint density at radius 2 is 1.85 bits per heavy atom. The predicted molar refractivity (Wildman–Crippen MR) is 86.0 cm³/mol. The zero-order valence-corrected chi connectivity index (χ0v) is 13.2. The molecule has 0 aromatic heterocycles. The number of hydrogen-bond acceptors (Lipinski definition) is 1. The van der Waals surface area contributed by atoms with Crippen molar-refractivity contribution >= 4 is 15.9 Å². The van der Waals surface area contributed by atoms with Gasteiger partial charge in [-0.05, 0) is 54.0 Å². The van der Waals surface area contributed by atoms with Gasteiger partial charge in [-0.2, -0.15) is 0 Å². The number of rotatable bonds is 3. The first-order chi connectivity index (χ1) is 9.65. The third-order valence-electron chi connectivity index (χ3n) is 4.30. The van der Waals surface area contributed by atoms with Crippen LogP contribution in [0.3, 0.4) is 0 Å². The maximum atomic E-state index is 10.6. The van der Waals surface area contributed by atoms with E-state index in [9.17, 15) is 5.11 Å². The molecule has 20 heavy (non-hydrogen) atoms. The second kappa shape index (κ2) is 5.71. The van der Waals surface area contributed by atoms with Crippen LogP contribution in [0.4, 0.5) is 0 Å². The van der Waals surface area contributed by atoms with Gasteiger partial charge in [-0.3, -0.25) is 0 Å². The third kappa shape index (κ3) is 2.68. The molecule has 1 N–H and O–H groups in total. The molecule has 0 spiro atoms. The molecule has 3 rings (SSSR count). The summed E-state index contributed by atoms with van der Waals surface area (Å²) in [5.74, 6) is 0.703. The molecule has 2 aromatic carbocycles. The number of halogens is 1. The summed E-state index contributed by atoms with van der Waals surface area (Å²) in [5.41, 5.74) is 4.48. The van der Waals surface area contributed by atoms with Crippen LogP contribution in [0, 0.1) is 6.92 Å². The summed E-state index contributed by atoms with van der Waals surface area (Å²) in [6, 6.07) is 14.5. The van der Waals surface area contributed by atoms with Crippen LogP contribution in [0.15, 0.2) is 46.9 Å². The van der Waals surface area contributed by atoms with Crippen LogP contribution in [-0.2, 0) is 0 Å². The number of aliphatic hydroxyl groups is 1. The van der Waals surface area contributed by atoms with Gasteiger partial charge in [0.1, 0.15) is 6.10 Å². The monoisotopic (exact) mass is 330 g/mol. The summed E-state index contributed by atoms with van der Waals surface area (Å²) in [4.78, 5) is 0. The third-order valence-corrected chi connectivity index (χ3v) is 5.19. The van der Waals surface area contributed by atoms with Crippen molar-refractivity contribution in [1.82, 2.24) is 0 Å². The molecule has 1 atom stereocenters. The minimum Gasteiger partial charge on any atom is -0.384 e. The molecule has 0 aliphatic heterocycles. The zero-order chi connectivity index (χ0) is 14.1. The molecule has 0 saturated heterocycles. The maximum absolute atomic E-state index is 10.6. The second-order valence-corrected chi connectivity index (χ2v) is 6.56. The van der Waals surface area contributed by atoms with Crippen molar-refractivity contribution in [2.45, 2.75) is 38.2 Å². The van der Waals surface area contributed by atoms with E-state index in [1.54, 1.807) is 0 Å². The van der Waals surface area contributed by atoms with Crippen LogP contribution in [0.2, 0.25) is 0 Å². The van der Waals surface area contributed by atoms with Gasteiger partial charge in [-0.1, -0.05) is 58.7 Å². The first-order valence-electron chi connectivity index (χ1n) is 7.19. The van der Waals surface area contributed by atoms with Crippen LogP contribution in [0.25, 0.3) is 0 Å². The quantitative estimate of drug-likeness (QED) is 0.829. The van der Waals surface area contributed by atoms with E-state index in [1.807, 2.05) is 31.2 Å². The van der Waals surface area contributed by atoms with Crippen molar-refractivity contribution in [3.63, 3.8) is 0 Å². The molecule has 1 unspecified atom stereocenters. The van der Waals surface area contributed by atoms with E-state index < -0.39 is 6.10 Å². The molecule has 1 saturated carbocycles. The molecule has 0 heterocycles. The molecule has 0 radical (unpaired) electrons. The molecule has 0 amide bonds. The molecule has 2 heteroatoms. The molecular weight excluding hydrogens is 312 g/mol. The van der Waals surface area contributed by atoms with E-state index in [4.69, 9.17) is 0 Å². The van der Waals surface area contributed by atoms with Crippen molar-refractivity contribution in [1.29, 1.82) is 0 Å².